The Morgan fingerprint density at radius 2 is 0.877 bits per heavy atom. The van der Waals surface area contributed by atoms with Gasteiger partial charge in [-0.05, 0) is 104 Å². The third-order valence-electron chi connectivity index (χ3n) is 12.1. The van der Waals surface area contributed by atoms with E-state index < -0.39 is 5.41 Å². The molecule has 2 heterocycles. The minimum atomic E-state index is -0.415. The van der Waals surface area contributed by atoms with E-state index in [2.05, 4.69) is 187 Å². The minimum absolute atomic E-state index is 0.415. The molecule has 1 aromatic heterocycles. The summed E-state index contributed by atoms with van der Waals surface area (Å²) in [6, 6.07) is 74.2. The Labute approximate surface area is 331 Å². The van der Waals surface area contributed by atoms with Crippen molar-refractivity contribution in [2.45, 2.75) is 5.41 Å². The summed E-state index contributed by atoms with van der Waals surface area (Å²) in [6.45, 7) is 0. The maximum atomic E-state index is 6.30. The minimum Gasteiger partial charge on any atom is -0.453 e. The second-order valence-corrected chi connectivity index (χ2v) is 15.0. The van der Waals surface area contributed by atoms with Crippen molar-refractivity contribution in [2.24, 2.45) is 0 Å². The predicted molar refractivity (Wildman–Crippen MR) is 232 cm³/mol. The van der Waals surface area contributed by atoms with E-state index in [4.69, 9.17) is 9.72 Å². The lowest BCUT2D eigenvalue weighted by atomic mass is 9.70. The van der Waals surface area contributed by atoms with Gasteiger partial charge in [0.1, 0.15) is 0 Å². The van der Waals surface area contributed by atoms with Crippen LogP contribution in [-0.2, 0) is 5.41 Å². The molecule has 3 heteroatoms. The summed E-state index contributed by atoms with van der Waals surface area (Å²) in [4.78, 5) is 7.81. The fourth-order valence-corrected chi connectivity index (χ4v) is 9.73. The van der Waals surface area contributed by atoms with Gasteiger partial charge in [0, 0.05) is 16.8 Å². The van der Waals surface area contributed by atoms with Crippen LogP contribution in [0.3, 0.4) is 0 Å². The monoisotopic (exact) mass is 726 g/mol. The van der Waals surface area contributed by atoms with Crippen LogP contribution in [0.1, 0.15) is 22.3 Å². The van der Waals surface area contributed by atoms with Crippen LogP contribution >= 0.6 is 0 Å². The van der Waals surface area contributed by atoms with Crippen molar-refractivity contribution in [3.05, 3.63) is 229 Å². The van der Waals surface area contributed by atoms with Gasteiger partial charge >= 0.3 is 0 Å². The average Bonchev–Trinajstić information content (AvgIpc) is 3.76. The molecule has 0 N–H and O–H groups in total. The standard InChI is InChI=1S/C54H34N2O/c1-2-15-35(16-3-1)37-33-47(36-29-31-38(32-30-36)56-49-25-10-12-27-51(49)57-52-28-13-11-26-50(52)56)55-48(34-37)42-20-14-24-46-53(42)41-19-6-9-23-45(41)54(46)43-21-7-4-17-39(43)40-18-5-8-22-44(40)54/h1-34H. The molecule has 9 aromatic rings. The summed E-state index contributed by atoms with van der Waals surface area (Å²) >= 11 is 0. The molecule has 0 atom stereocenters. The zero-order valence-corrected chi connectivity index (χ0v) is 30.9. The Bertz CT molecular complexity index is 2970. The van der Waals surface area contributed by atoms with Gasteiger partial charge in [0.25, 0.3) is 0 Å². The van der Waals surface area contributed by atoms with Crippen LogP contribution in [0, 0.1) is 0 Å². The molecule has 8 aromatic carbocycles. The topological polar surface area (TPSA) is 25.4 Å². The molecule has 1 aliphatic heterocycles. The summed E-state index contributed by atoms with van der Waals surface area (Å²) in [7, 11) is 0. The molecule has 0 bridgehead atoms. The molecule has 57 heavy (non-hydrogen) atoms. The van der Waals surface area contributed by atoms with Gasteiger partial charge in [-0.15, -0.1) is 0 Å². The molecule has 266 valence electrons. The molecule has 0 saturated heterocycles. The first-order valence-corrected chi connectivity index (χ1v) is 19.5. The molecule has 0 unspecified atom stereocenters. The van der Waals surface area contributed by atoms with Crippen LogP contribution in [0.4, 0.5) is 17.1 Å². The Hall–Kier alpha value is -7.49. The number of fused-ring (bicyclic) bond motifs is 12. The quantitative estimate of drug-likeness (QED) is 0.181. The van der Waals surface area contributed by atoms with E-state index in [1.165, 1.54) is 44.5 Å². The highest BCUT2D eigenvalue weighted by Gasteiger charge is 2.52. The highest BCUT2D eigenvalue weighted by molar-refractivity contribution is 6.00. The molecular weight excluding hydrogens is 693 g/mol. The van der Waals surface area contributed by atoms with Gasteiger partial charge in [-0.1, -0.05) is 158 Å². The molecule has 0 saturated carbocycles. The summed E-state index contributed by atoms with van der Waals surface area (Å²) in [6.07, 6.45) is 0. The number of rotatable bonds is 4. The van der Waals surface area contributed by atoms with E-state index >= 15 is 0 Å². The molecular formula is C54H34N2O. The summed E-state index contributed by atoms with van der Waals surface area (Å²) in [5.41, 5.74) is 19.5. The van der Waals surface area contributed by atoms with Crippen molar-refractivity contribution < 1.29 is 4.74 Å². The van der Waals surface area contributed by atoms with Crippen LogP contribution < -0.4 is 9.64 Å². The van der Waals surface area contributed by atoms with Gasteiger partial charge in [0.15, 0.2) is 11.5 Å². The number of para-hydroxylation sites is 4. The van der Waals surface area contributed by atoms with Gasteiger partial charge < -0.3 is 9.64 Å². The number of benzene rings is 8. The lowest BCUT2D eigenvalue weighted by molar-refractivity contribution is 0.477. The van der Waals surface area contributed by atoms with E-state index in [0.717, 1.165) is 62.2 Å². The van der Waals surface area contributed by atoms with E-state index in [1.807, 2.05) is 24.3 Å². The highest BCUT2D eigenvalue weighted by atomic mass is 16.5. The van der Waals surface area contributed by atoms with Crippen LogP contribution in [0.25, 0.3) is 55.9 Å². The maximum absolute atomic E-state index is 6.30. The largest absolute Gasteiger partial charge is 0.453 e. The van der Waals surface area contributed by atoms with E-state index in [1.54, 1.807) is 0 Å². The molecule has 2 aliphatic carbocycles. The van der Waals surface area contributed by atoms with Crippen molar-refractivity contribution in [3.8, 4) is 67.4 Å². The highest BCUT2D eigenvalue weighted by Crippen LogP contribution is 2.64. The van der Waals surface area contributed by atoms with Gasteiger partial charge in [-0.25, -0.2) is 4.98 Å². The van der Waals surface area contributed by atoms with Crippen molar-refractivity contribution in [1.29, 1.82) is 0 Å². The van der Waals surface area contributed by atoms with Crippen LogP contribution in [0.2, 0.25) is 0 Å². The first-order chi connectivity index (χ1) is 28.3. The van der Waals surface area contributed by atoms with Crippen molar-refractivity contribution in [1.82, 2.24) is 4.98 Å². The van der Waals surface area contributed by atoms with Crippen LogP contribution in [0.15, 0.2) is 206 Å². The average molecular weight is 727 g/mol. The van der Waals surface area contributed by atoms with Crippen molar-refractivity contribution in [3.63, 3.8) is 0 Å². The second kappa shape index (κ2) is 12.3. The van der Waals surface area contributed by atoms with Gasteiger partial charge in [0.2, 0.25) is 0 Å². The molecule has 12 rings (SSSR count). The predicted octanol–water partition coefficient (Wildman–Crippen LogP) is 14.0. The zero-order valence-electron chi connectivity index (χ0n) is 30.9. The smallest absolute Gasteiger partial charge is 0.151 e. The molecule has 3 aliphatic rings. The summed E-state index contributed by atoms with van der Waals surface area (Å²) < 4.78 is 6.30. The number of anilines is 3. The third kappa shape index (κ3) is 4.57. The van der Waals surface area contributed by atoms with E-state index in [0.29, 0.717) is 0 Å². The fraction of sp³-hybridized carbons (Fsp3) is 0.0185. The number of pyridine rings is 1. The number of aromatic nitrogens is 1. The Morgan fingerprint density at radius 3 is 1.54 bits per heavy atom. The lowest BCUT2D eigenvalue weighted by Crippen LogP contribution is -2.25. The molecule has 0 amide bonds. The summed E-state index contributed by atoms with van der Waals surface area (Å²) in [5, 5.41) is 0. The van der Waals surface area contributed by atoms with Crippen LogP contribution in [-0.4, -0.2) is 4.98 Å². The number of hydrogen-bond donors (Lipinski definition) is 0. The maximum Gasteiger partial charge on any atom is 0.151 e. The van der Waals surface area contributed by atoms with E-state index in [9.17, 15) is 0 Å². The zero-order chi connectivity index (χ0) is 37.5. The third-order valence-corrected chi connectivity index (χ3v) is 12.1. The molecule has 1 spiro atoms. The van der Waals surface area contributed by atoms with Gasteiger partial charge in [-0.3, -0.25) is 0 Å². The normalized spacial score (nSPS) is 13.5. The molecule has 3 nitrogen and oxygen atoms in total. The molecule has 0 fully saturated rings. The first-order valence-electron chi connectivity index (χ1n) is 19.5. The summed E-state index contributed by atoms with van der Waals surface area (Å²) in [5.74, 6) is 1.68. The second-order valence-electron chi connectivity index (χ2n) is 15.0. The Balaban J connectivity index is 1.05. The number of ether oxygens (including phenoxy) is 1. The lowest BCUT2D eigenvalue weighted by Gasteiger charge is -2.32. The van der Waals surface area contributed by atoms with E-state index in [-0.39, 0.29) is 0 Å². The Morgan fingerprint density at radius 1 is 0.368 bits per heavy atom. The Kier molecular flexibility index (Phi) is 6.84. The number of hydrogen-bond acceptors (Lipinski definition) is 3. The fourth-order valence-electron chi connectivity index (χ4n) is 9.73. The molecule has 0 radical (unpaired) electrons. The van der Waals surface area contributed by atoms with Crippen molar-refractivity contribution >= 4 is 17.1 Å². The first kappa shape index (κ1) is 31.8. The number of nitrogens with zero attached hydrogens (tertiary/aromatic N) is 2. The SMILES string of the molecule is c1ccc(-c2cc(-c3ccc(N4c5ccccc5Oc5ccccc54)cc3)nc(-c3cccc4c3-c3ccccc3C43c4ccccc4-c4ccccc43)c2)cc1. The van der Waals surface area contributed by atoms with Crippen LogP contribution in [0.5, 0.6) is 11.5 Å². The van der Waals surface area contributed by atoms with Crippen molar-refractivity contribution in [2.75, 3.05) is 4.90 Å². The van der Waals surface area contributed by atoms with Gasteiger partial charge in [0.05, 0.1) is 28.2 Å². The van der Waals surface area contributed by atoms with Gasteiger partial charge in [-0.2, -0.15) is 0 Å².